The van der Waals surface area contributed by atoms with Crippen molar-refractivity contribution in [3.8, 4) is 0 Å². The van der Waals surface area contributed by atoms with Gasteiger partial charge < -0.3 is 5.11 Å². The summed E-state index contributed by atoms with van der Waals surface area (Å²) in [4.78, 5) is 12.0. The molecule has 0 heterocycles. The largest absolute Gasteiger partial charge is 0.393 e. The Hall–Kier alpha value is -0.280. The van der Waals surface area contributed by atoms with Gasteiger partial charge in [0.1, 0.15) is 0 Å². The smallest absolute Gasteiger partial charge is 0.155 e. The van der Waals surface area contributed by atoms with E-state index in [4.69, 9.17) is 0 Å². The van der Waals surface area contributed by atoms with Crippen LogP contribution in [0.2, 0.25) is 0 Å². The normalized spacial score (nSPS) is 49.2. The number of hydrogen-bond acceptors (Lipinski definition) is 3. The van der Waals surface area contributed by atoms with E-state index in [1.54, 1.807) is 0 Å². The summed E-state index contributed by atoms with van der Waals surface area (Å²) in [6, 6.07) is 0. The lowest BCUT2D eigenvalue weighted by atomic mass is 9.47. The molecule has 0 aromatic rings. The van der Waals surface area contributed by atoms with Crippen molar-refractivity contribution >= 4 is 17.5 Å². The second kappa shape index (κ2) is 5.62. The minimum absolute atomic E-state index is 0.0881. The van der Waals surface area contributed by atoms with E-state index in [-0.39, 0.29) is 16.9 Å². The van der Waals surface area contributed by atoms with Gasteiger partial charge in [0, 0.05) is 17.6 Å². The Morgan fingerprint density at radius 2 is 2.00 bits per heavy atom. The molecule has 128 valence electrons. The van der Waals surface area contributed by atoms with Gasteiger partial charge in [0.05, 0.1) is 6.10 Å². The second-order valence-corrected chi connectivity index (χ2v) is 9.64. The van der Waals surface area contributed by atoms with Gasteiger partial charge >= 0.3 is 0 Å². The highest BCUT2D eigenvalue weighted by Crippen LogP contribution is 2.65. The van der Waals surface area contributed by atoms with Crippen LogP contribution in [0, 0.1) is 28.6 Å². The maximum atomic E-state index is 12.0. The summed E-state index contributed by atoms with van der Waals surface area (Å²) in [7, 11) is 0. The monoisotopic (exact) mass is 334 g/mol. The fourth-order valence-corrected chi connectivity index (χ4v) is 7.92. The molecule has 0 aliphatic heterocycles. The first-order valence-electron chi connectivity index (χ1n) is 9.42. The molecule has 4 aliphatic carbocycles. The fraction of sp³-hybridized carbons (Fsp3) is 0.850. The lowest BCUT2D eigenvalue weighted by Gasteiger charge is -2.58. The van der Waals surface area contributed by atoms with Gasteiger partial charge in [-0.25, -0.2) is 0 Å². The van der Waals surface area contributed by atoms with Gasteiger partial charge in [-0.2, -0.15) is 11.8 Å². The first-order valence-corrected chi connectivity index (χ1v) is 10.8. The second-order valence-electron chi connectivity index (χ2n) is 8.78. The number of ketones is 1. The number of aliphatic hydroxyl groups is 1. The predicted molar refractivity (Wildman–Crippen MR) is 95.4 cm³/mol. The van der Waals surface area contributed by atoms with Gasteiger partial charge in [0.15, 0.2) is 5.78 Å². The summed E-state index contributed by atoms with van der Waals surface area (Å²) >= 11 is 1.96. The van der Waals surface area contributed by atoms with Gasteiger partial charge in [0.2, 0.25) is 0 Å². The minimum atomic E-state index is -0.0881. The summed E-state index contributed by atoms with van der Waals surface area (Å²) in [6.07, 6.45) is 13.0. The summed E-state index contributed by atoms with van der Waals surface area (Å²) < 4.78 is 0. The van der Waals surface area contributed by atoms with Crippen LogP contribution in [0.15, 0.2) is 11.6 Å². The lowest BCUT2D eigenvalue weighted by Crippen LogP contribution is -2.53. The molecule has 0 aromatic heterocycles. The van der Waals surface area contributed by atoms with Gasteiger partial charge in [0.25, 0.3) is 0 Å². The molecule has 4 aliphatic rings. The number of hydrogen-bond donors (Lipinski definition) is 1. The van der Waals surface area contributed by atoms with Crippen LogP contribution in [0.3, 0.4) is 0 Å². The molecule has 23 heavy (non-hydrogen) atoms. The van der Waals surface area contributed by atoms with E-state index >= 15 is 0 Å². The summed E-state index contributed by atoms with van der Waals surface area (Å²) in [5.74, 6) is 3.75. The van der Waals surface area contributed by atoms with E-state index in [2.05, 4.69) is 13.2 Å². The molecule has 1 N–H and O–H groups in total. The lowest BCUT2D eigenvalue weighted by molar-refractivity contribution is -0.117. The Morgan fingerprint density at radius 1 is 1.17 bits per heavy atom. The number of allylic oxidation sites excluding steroid dienone is 1. The molecule has 3 saturated carbocycles. The number of fused-ring (bicyclic) bond motifs is 5. The molecule has 0 unspecified atom stereocenters. The number of rotatable bonds is 2. The molecule has 0 bridgehead atoms. The Kier molecular flexibility index (Phi) is 3.96. The zero-order valence-corrected chi connectivity index (χ0v) is 15.3. The van der Waals surface area contributed by atoms with E-state index < -0.39 is 0 Å². The van der Waals surface area contributed by atoms with Gasteiger partial charge in [-0.3, -0.25) is 4.79 Å². The summed E-state index contributed by atoms with van der Waals surface area (Å²) in [5.41, 5.74) is 1.92. The van der Waals surface area contributed by atoms with Crippen molar-refractivity contribution in [2.75, 3.05) is 12.0 Å². The molecule has 2 nitrogen and oxygen atoms in total. The van der Waals surface area contributed by atoms with Crippen molar-refractivity contribution in [1.82, 2.24) is 0 Å². The van der Waals surface area contributed by atoms with Gasteiger partial charge in [-0.1, -0.05) is 12.5 Å². The minimum Gasteiger partial charge on any atom is -0.393 e. The Balaban J connectivity index is 1.71. The number of thioether (sulfide) groups is 1. The third-order valence-electron chi connectivity index (χ3n) is 8.04. The number of aliphatic hydroxyl groups excluding tert-OH is 1. The van der Waals surface area contributed by atoms with Gasteiger partial charge in [-0.15, -0.1) is 0 Å². The third kappa shape index (κ3) is 2.22. The SMILES string of the molecule is CSC[C@]12CCC(=O)C=C1CC[C@@H]1[C@@H]2CC[C@]2(C)[C@@H](O)CC[C@@H]12. The van der Waals surface area contributed by atoms with Crippen LogP contribution in [0.5, 0.6) is 0 Å². The van der Waals surface area contributed by atoms with Crippen molar-refractivity contribution in [2.45, 2.75) is 64.4 Å². The van der Waals surface area contributed by atoms with E-state index in [0.717, 1.165) is 37.5 Å². The number of carbonyl (C=O) groups excluding carboxylic acids is 1. The van der Waals surface area contributed by atoms with Crippen molar-refractivity contribution < 1.29 is 9.90 Å². The van der Waals surface area contributed by atoms with Crippen LogP contribution in [-0.2, 0) is 4.79 Å². The van der Waals surface area contributed by atoms with Gasteiger partial charge in [-0.05, 0) is 80.4 Å². The Labute approximate surface area is 144 Å². The van der Waals surface area contributed by atoms with Crippen LogP contribution in [0.4, 0.5) is 0 Å². The van der Waals surface area contributed by atoms with Crippen LogP contribution in [0.1, 0.15) is 58.3 Å². The topological polar surface area (TPSA) is 37.3 Å². The molecule has 0 aromatic carbocycles. The average Bonchev–Trinajstić information content (AvgIpc) is 2.84. The first-order chi connectivity index (χ1) is 11.0. The molecule has 0 saturated heterocycles. The predicted octanol–water partition coefficient (Wildman–Crippen LogP) is 4.22. The first kappa shape index (κ1) is 16.2. The zero-order chi connectivity index (χ0) is 16.2. The fourth-order valence-electron chi connectivity index (χ4n) is 6.86. The highest BCUT2D eigenvalue weighted by molar-refractivity contribution is 7.98. The quantitative estimate of drug-likeness (QED) is 0.821. The standard InChI is InChI=1S/C20H30O2S/c1-19-9-8-17-15(16(19)5-6-18(19)22)4-3-13-11-14(21)7-10-20(13,17)12-23-2/h11,15-18,22H,3-10,12H2,1-2H3/t15-,16-,17-,18-,19-,20+/m0/s1. The highest BCUT2D eigenvalue weighted by Gasteiger charge is 2.59. The molecule has 3 fully saturated rings. The van der Waals surface area contributed by atoms with Crippen molar-refractivity contribution in [3.05, 3.63) is 11.6 Å². The third-order valence-corrected chi connectivity index (χ3v) is 8.84. The van der Waals surface area contributed by atoms with E-state index in [1.165, 1.54) is 37.0 Å². The molecule has 0 amide bonds. The molecular weight excluding hydrogens is 304 g/mol. The van der Waals surface area contributed by atoms with Crippen LogP contribution in [0.25, 0.3) is 0 Å². The molecule has 4 rings (SSSR count). The van der Waals surface area contributed by atoms with Crippen molar-refractivity contribution in [2.24, 2.45) is 28.6 Å². The number of carbonyl (C=O) groups is 1. The van der Waals surface area contributed by atoms with Crippen molar-refractivity contribution in [1.29, 1.82) is 0 Å². The van der Waals surface area contributed by atoms with Crippen LogP contribution < -0.4 is 0 Å². The maximum Gasteiger partial charge on any atom is 0.155 e. The van der Waals surface area contributed by atoms with E-state index in [0.29, 0.717) is 11.7 Å². The highest BCUT2D eigenvalue weighted by atomic mass is 32.2. The average molecular weight is 335 g/mol. The Morgan fingerprint density at radius 3 is 2.78 bits per heavy atom. The van der Waals surface area contributed by atoms with Crippen LogP contribution >= 0.6 is 11.8 Å². The summed E-state index contributed by atoms with van der Waals surface area (Å²) in [5, 5.41) is 10.5. The molecule has 6 atom stereocenters. The van der Waals surface area contributed by atoms with E-state index in [1.807, 2.05) is 17.8 Å². The van der Waals surface area contributed by atoms with Crippen molar-refractivity contribution in [3.63, 3.8) is 0 Å². The van der Waals surface area contributed by atoms with Crippen LogP contribution in [-0.4, -0.2) is 29.0 Å². The van der Waals surface area contributed by atoms with E-state index in [9.17, 15) is 9.90 Å². The Bertz CT molecular complexity index is 542. The molecule has 3 heteroatoms. The maximum absolute atomic E-state index is 12.0. The summed E-state index contributed by atoms with van der Waals surface area (Å²) in [6.45, 7) is 2.35. The molecular formula is C20H30O2S. The molecule has 0 spiro atoms. The zero-order valence-electron chi connectivity index (χ0n) is 14.5. The molecule has 0 radical (unpaired) electrons.